The smallest absolute Gasteiger partial charge is 0.270 e. The molecule has 3 aliphatic rings. The van der Waals surface area contributed by atoms with Gasteiger partial charge in [0, 0.05) is 37.0 Å². The van der Waals surface area contributed by atoms with Crippen molar-refractivity contribution in [2.75, 3.05) is 29.0 Å². The Morgan fingerprint density at radius 3 is 2.70 bits per heavy atom. The fourth-order valence-electron chi connectivity index (χ4n) is 6.65. The summed E-state index contributed by atoms with van der Waals surface area (Å²) in [5.74, 6) is -0.0917. The van der Waals surface area contributed by atoms with Crippen LogP contribution in [0.4, 0.5) is 21.7 Å². The van der Waals surface area contributed by atoms with E-state index in [9.17, 15) is 19.1 Å². The molecule has 11 nitrogen and oxygen atoms in total. The third-order valence-corrected chi connectivity index (χ3v) is 10.7. The second-order valence-corrected chi connectivity index (χ2v) is 13.1. The number of hydrogen-bond donors (Lipinski definition) is 4. The lowest BCUT2D eigenvalue weighted by atomic mass is 9.74. The minimum absolute atomic E-state index is 0.0251. The van der Waals surface area contributed by atoms with Crippen LogP contribution >= 0.6 is 23.4 Å². The Balaban J connectivity index is 1.15. The van der Waals surface area contributed by atoms with Gasteiger partial charge in [-0.2, -0.15) is 4.98 Å². The molecule has 4 heterocycles. The lowest BCUT2D eigenvalue weighted by molar-refractivity contribution is 0.102. The average molecular weight is 629 g/mol. The minimum atomic E-state index is -0.965. The molecule has 6 rings (SSSR count). The van der Waals surface area contributed by atoms with Crippen LogP contribution in [0.25, 0.3) is 0 Å². The van der Waals surface area contributed by atoms with Gasteiger partial charge >= 0.3 is 0 Å². The molecule has 1 aromatic carbocycles. The first-order valence-corrected chi connectivity index (χ1v) is 15.6. The van der Waals surface area contributed by atoms with Crippen molar-refractivity contribution in [2.45, 2.75) is 74.1 Å². The fraction of sp³-hybridized carbons (Fsp3) is 0.483. The molecule has 1 spiro atoms. The Kier molecular flexibility index (Phi) is 7.99. The van der Waals surface area contributed by atoms with Crippen LogP contribution < -0.4 is 27.2 Å². The number of nitrogen functional groups attached to an aromatic ring is 1. The number of anilines is 3. The number of fused-ring (bicyclic) bond motifs is 1. The highest BCUT2D eigenvalue weighted by atomic mass is 35.5. The highest BCUT2D eigenvalue weighted by Crippen LogP contribution is 2.49. The normalized spacial score (nSPS) is 22.9. The minimum Gasteiger partial charge on any atom is -0.493 e. The number of carbonyl (C=O) groups excluding carboxylic acids is 1. The van der Waals surface area contributed by atoms with Gasteiger partial charge in [-0.1, -0.05) is 36.4 Å². The molecule has 0 radical (unpaired) electrons. The number of nitrogens with zero attached hydrogens (tertiary/aromatic N) is 5. The number of piperidine rings is 1. The van der Waals surface area contributed by atoms with Gasteiger partial charge in [0.25, 0.3) is 11.5 Å². The summed E-state index contributed by atoms with van der Waals surface area (Å²) in [5.41, 5.74) is 11.7. The van der Waals surface area contributed by atoms with Crippen LogP contribution in [0.3, 0.4) is 0 Å². The van der Waals surface area contributed by atoms with E-state index in [2.05, 4.69) is 25.2 Å². The first kappa shape index (κ1) is 29.6. The molecule has 14 heteroatoms. The summed E-state index contributed by atoms with van der Waals surface area (Å²) in [7, 11) is 0. The average Bonchev–Trinajstić information content (AvgIpc) is 3.19. The molecule has 1 aliphatic carbocycles. The molecule has 2 fully saturated rings. The SMILES string of the molecule is C[C@@H]1CC2(CCN(c3cnc(Sc4cccc(NC(=O)c5c(O)nc6n(c5=O)CCCC6)c4Cl)c(N)n3)CC2)[C@H](N)[C@H]1F. The van der Waals surface area contributed by atoms with Gasteiger partial charge in [0.05, 0.1) is 16.9 Å². The molecule has 0 bridgehead atoms. The number of carbonyl (C=O) groups is 1. The lowest BCUT2D eigenvalue weighted by Crippen LogP contribution is -2.49. The Bertz CT molecular complexity index is 1630. The molecule has 0 unspecified atom stereocenters. The molecule has 228 valence electrons. The molecule has 2 aromatic heterocycles. The maximum Gasteiger partial charge on any atom is 0.270 e. The Labute approximate surface area is 257 Å². The van der Waals surface area contributed by atoms with Crippen molar-refractivity contribution >= 4 is 46.6 Å². The van der Waals surface area contributed by atoms with E-state index in [-0.39, 0.29) is 27.9 Å². The number of benzene rings is 1. The van der Waals surface area contributed by atoms with Crippen LogP contribution in [-0.4, -0.2) is 55.8 Å². The van der Waals surface area contributed by atoms with Crippen LogP contribution in [0.1, 0.15) is 55.2 Å². The zero-order valence-corrected chi connectivity index (χ0v) is 25.3. The number of nitrogens with one attached hydrogen (secondary N) is 1. The summed E-state index contributed by atoms with van der Waals surface area (Å²) in [6.07, 6.45) is 5.30. The summed E-state index contributed by atoms with van der Waals surface area (Å²) in [6.45, 7) is 3.77. The van der Waals surface area contributed by atoms with Crippen molar-refractivity contribution < 1.29 is 14.3 Å². The van der Waals surface area contributed by atoms with Crippen LogP contribution in [0.5, 0.6) is 5.88 Å². The van der Waals surface area contributed by atoms with Gasteiger partial charge in [-0.05, 0) is 55.6 Å². The monoisotopic (exact) mass is 628 g/mol. The third-order valence-electron chi connectivity index (χ3n) is 9.06. The molecule has 1 saturated carbocycles. The van der Waals surface area contributed by atoms with Crippen molar-refractivity contribution in [3.05, 3.63) is 51.2 Å². The maximum absolute atomic E-state index is 14.5. The van der Waals surface area contributed by atoms with Gasteiger partial charge in [-0.15, -0.1) is 0 Å². The van der Waals surface area contributed by atoms with Crippen LogP contribution in [0.2, 0.25) is 5.02 Å². The zero-order chi connectivity index (χ0) is 30.5. The van der Waals surface area contributed by atoms with E-state index < -0.39 is 35.1 Å². The van der Waals surface area contributed by atoms with Crippen molar-refractivity contribution in [3.63, 3.8) is 0 Å². The van der Waals surface area contributed by atoms with E-state index in [4.69, 9.17) is 23.1 Å². The van der Waals surface area contributed by atoms with E-state index in [1.807, 2.05) is 6.92 Å². The molecule has 3 atom stereocenters. The number of halogens is 2. The molecule has 1 amide bonds. The third kappa shape index (κ3) is 5.42. The molecule has 2 aliphatic heterocycles. The van der Waals surface area contributed by atoms with Crippen molar-refractivity contribution in [1.29, 1.82) is 0 Å². The Hall–Kier alpha value is -3.42. The number of alkyl halides is 1. The quantitative estimate of drug-likeness (QED) is 0.324. The van der Waals surface area contributed by atoms with Crippen molar-refractivity contribution in [1.82, 2.24) is 19.5 Å². The van der Waals surface area contributed by atoms with Gasteiger partial charge in [-0.25, -0.2) is 14.4 Å². The predicted octanol–water partition coefficient (Wildman–Crippen LogP) is 4.01. The van der Waals surface area contributed by atoms with Gasteiger partial charge in [0.2, 0.25) is 5.88 Å². The number of aromatic nitrogens is 4. The summed E-state index contributed by atoms with van der Waals surface area (Å²) >= 11 is 7.84. The van der Waals surface area contributed by atoms with Gasteiger partial charge in [0.1, 0.15) is 22.8 Å². The van der Waals surface area contributed by atoms with E-state index in [0.29, 0.717) is 47.6 Å². The molecular formula is C29H34ClFN8O3S. The largest absolute Gasteiger partial charge is 0.493 e. The van der Waals surface area contributed by atoms with E-state index in [0.717, 1.165) is 32.1 Å². The number of aromatic hydroxyl groups is 1. The highest BCUT2D eigenvalue weighted by molar-refractivity contribution is 7.99. The summed E-state index contributed by atoms with van der Waals surface area (Å²) in [5, 5.41) is 13.7. The first-order chi connectivity index (χ1) is 20.6. The Morgan fingerprint density at radius 2 is 2.00 bits per heavy atom. The number of amides is 1. The second-order valence-electron chi connectivity index (χ2n) is 11.7. The Morgan fingerprint density at radius 1 is 1.23 bits per heavy atom. The predicted molar refractivity (Wildman–Crippen MR) is 164 cm³/mol. The molecule has 6 N–H and O–H groups in total. The zero-order valence-electron chi connectivity index (χ0n) is 23.7. The number of nitrogens with two attached hydrogens (primary N) is 2. The highest BCUT2D eigenvalue weighted by Gasteiger charge is 2.51. The molecule has 43 heavy (non-hydrogen) atoms. The van der Waals surface area contributed by atoms with Gasteiger partial charge < -0.3 is 26.8 Å². The topological polar surface area (TPSA) is 165 Å². The van der Waals surface area contributed by atoms with Crippen LogP contribution in [-0.2, 0) is 13.0 Å². The van der Waals surface area contributed by atoms with Gasteiger partial charge in [0.15, 0.2) is 11.4 Å². The fourth-order valence-corrected chi connectivity index (χ4v) is 7.75. The summed E-state index contributed by atoms with van der Waals surface area (Å²) in [4.78, 5) is 41.9. The molecular weight excluding hydrogens is 595 g/mol. The molecule has 1 saturated heterocycles. The van der Waals surface area contributed by atoms with E-state index in [1.165, 1.54) is 16.3 Å². The summed E-state index contributed by atoms with van der Waals surface area (Å²) in [6, 6.07) is 4.60. The van der Waals surface area contributed by atoms with Crippen LogP contribution in [0.15, 0.2) is 39.1 Å². The van der Waals surface area contributed by atoms with Crippen molar-refractivity contribution in [3.8, 4) is 5.88 Å². The second kappa shape index (κ2) is 11.6. The standard InChI is InChI=1S/C29H34ClFN8O3S/c1-15-13-29(23(32)22(15)31)8-11-38(12-9-29)19-14-34-27(24(33)36-19)43-17-6-4-5-16(21(17)30)35-25(40)20-26(41)37-18-7-2-3-10-39(18)28(20)42/h4-6,14-15,22-23,41H,2-3,7-13,32H2,1H3,(H2,33,36)(H,35,40)/t15-,22+,23-/m1/s1. The number of rotatable bonds is 5. The summed E-state index contributed by atoms with van der Waals surface area (Å²) < 4.78 is 15.9. The van der Waals surface area contributed by atoms with E-state index >= 15 is 0 Å². The first-order valence-electron chi connectivity index (χ1n) is 14.5. The van der Waals surface area contributed by atoms with Gasteiger partial charge in [-0.3, -0.25) is 14.2 Å². The maximum atomic E-state index is 14.5. The number of hydrogen-bond acceptors (Lipinski definition) is 10. The lowest BCUT2D eigenvalue weighted by Gasteiger charge is -2.42. The van der Waals surface area contributed by atoms with Crippen LogP contribution in [0, 0.1) is 11.3 Å². The molecule has 3 aromatic rings. The van der Waals surface area contributed by atoms with Crippen molar-refractivity contribution in [2.24, 2.45) is 17.1 Å². The number of aryl methyl sites for hydroxylation is 1. The van der Waals surface area contributed by atoms with E-state index in [1.54, 1.807) is 24.4 Å².